The van der Waals surface area contributed by atoms with Crippen LogP contribution in [0, 0.1) is 0 Å². The molecule has 0 spiro atoms. The number of aromatic nitrogens is 2. The lowest BCUT2D eigenvalue weighted by Crippen LogP contribution is -2.48. The normalized spacial score (nSPS) is 14.6. The first-order valence-electron chi connectivity index (χ1n) is 9.35. The van der Waals surface area contributed by atoms with Crippen LogP contribution in [0.4, 0.5) is 0 Å². The van der Waals surface area contributed by atoms with E-state index in [2.05, 4.69) is 36.1 Å². The Labute approximate surface area is 159 Å². The highest BCUT2D eigenvalue weighted by Gasteiger charge is 2.33. The van der Waals surface area contributed by atoms with Gasteiger partial charge in [-0.3, -0.25) is 9.78 Å². The van der Waals surface area contributed by atoms with Crippen molar-refractivity contribution in [3.63, 3.8) is 0 Å². The van der Waals surface area contributed by atoms with Crippen LogP contribution in [0.5, 0.6) is 0 Å². The molecular weight excluding hydrogens is 336 g/mol. The lowest BCUT2D eigenvalue weighted by Gasteiger charge is -2.38. The zero-order valence-corrected chi connectivity index (χ0v) is 15.8. The lowest BCUT2D eigenvalue weighted by molar-refractivity contribution is 0.0598. The minimum atomic E-state index is 0.0964. The van der Waals surface area contributed by atoms with Gasteiger partial charge in [-0.25, -0.2) is 4.98 Å². The number of likely N-dealkylation sites (tertiary alicyclic amines) is 1. The molecule has 1 aliphatic rings. The van der Waals surface area contributed by atoms with Gasteiger partial charge >= 0.3 is 0 Å². The van der Waals surface area contributed by atoms with Crippen molar-refractivity contribution in [1.29, 1.82) is 0 Å². The average molecular weight is 360 g/mol. The molecule has 138 valence electrons. The second kappa shape index (κ2) is 7.45. The summed E-state index contributed by atoms with van der Waals surface area (Å²) in [7, 11) is 4.14. The van der Waals surface area contributed by atoms with Gasteiger partial charge in [-0.1, -0.05) is 24.3 Å². The van der Waals surface area contributed by atoms with Gasteiger partial charge in [-0.2, -0.15) is 0 Å². The predicted molar refractivity (Wildman–Crippen MR) is 107 cm³/mol. The lowest BCUT2D eigenvalue weighted by atomic mass is 9.95. The Bertz CT molecular complexity index is 946. The van der Waals surface area contributed by atoms with Crippen LogP contribution in [0.1, 0.15) is 27.5 Å². The summed E-state index contributed by atoms with van der Waals surface area (Å²) in [6.45, 7) is 2.41. The van der Waals surface area contributed by atoms with Crippen molar-refractivity contribution in [2.24, 2.45) is 0 Å². The highest BCUT2D eigenvalue weighted by Crippen LogP contribution is 2.27. The second-order valence-corrected chi connectivity index (χ2v) is 7.44. The molecule has 1 amide bonds. The summed E-state index contributed by atoms with van der Waals surface area (Å²) in [5.74, 6) is 0.365. The van der Waals surface area contributed by atoms with Crippen LogP contribution in [0.3, 0.4) is 0 Å². The number of rotatable bonds is 5. The van der Waals surface area contributed by atoms with Gasteiger partial charge in [-0.15, -0.1) is 0 Å². The van der Waals surface area contributed by atoms with E-state index in [0.29, 0.717) is 13.1 Å². The zero-order chi connectivity index (χ0) is 18.8. The largest absolute Gasteiger partial charge is 0.337 e. The Hall–Kier alpha value is -2.79. The highest BCUT2D eigenvalue weighted by molar-refractivity contribution is 5.95. The van der Waals surface area contributed by atoms with E-state index in [-0.39, 0.29) is 11.8 Å². The standard InChI is InChI=1S/C22H24N4O/c1-25(2)12-11-16-7-9-17(10-8-16)22(27)26-14-18(15-26)21-13-23-19-5-3-4-6-20(19)24-21/h3-10,13,18H,11-12,14-15H2,1-2H3. The van der Waals surface area contributed by atoms with E-state index in [4.69, 9.17) is 4.98 Å². The topological polar surface area (TPSA) is 49.3 Å². The van der Waals surface area contributed by atoms with Crippen LogP contribution in [0.25, 0.3) is 11.0 Å². The number of carbonyl (C=O) groups is 1. The molecule has 0 saturated carbocycles. The van der Waals surface area contributed by atoms with Crippen molar-refractivity contribution in [1.82, 2.24) is 19.8 Å². The third kappa shape index (κ3) is 3.83. The molecule has 0 aliphatic carbocycles. The smallest absolute Gasteiger partial charge is 0.253 e. The maximum absolute atomic E-state index is 12.7. The van der Waals surface area contributed by atoms with Gasteiger partial charge in [0.25, 0.3) is 5.91 Å². The number of fused-ring (bicyclic) bond motifs is 1. The number of hydrogen-bond donors (Lipinski definition) is 0. The first kappa shape index (κ1) is 17.6. The molecule has 1 aliphatic heterocycles. The average Bonchev–Trinajstić information content (AvgIpc) is 2.65. The molecule has 0 radical (unpaired) electrons. The zero-order valence-electron chi connectivity index (χ0n) is 15.8. The van der Waals surface area contributed by atoms with Gasteiger partial charge in [0.05, 0.1) is 16.7 Å². The van der Waals surface area contributed by atoms with Crippen LogP contribution in [0.15, 0.2) is 54.7 Å². The van der Waals surface area contributed by atoms with Crippen molar-refractivity contribution >= 4 is 16.9 Å². The van der Waals surface area contributed by atoms with E-state index in [1.807, 2.05) is 47.5 Å². The number of carbonyl (C=O) groups excluding carboxylic acids is 1. The van der Waals surface area contributed by atoms with E-state index >= 15 is 0 Å². The molecule has 0 unspecified atom stereocenters. The molecule has 1 aromatic heterocycles. The van der Waals surface area contributed by atoms with Crippen LogP contribution < -0.4 is 0 Å². The van der Waals surface area contributed by atoms with Crippen molar-refractivity contribution < 1.29 is 4.79 Å². The van der Waals surface area contributed by atoms with Gasteiger partial charge in [0.1, 0.15) is 0 Å². The van der Waals surface area contributed by atoms with Gasteiger partial charge in [0.15, 0.2) is 0 Å². The van der Waals surface area contributed by atoms with Gasteiger partial charge in [0, 0.05) is 37.3 Å². The van der Waals surface area contributed by atoms with Gasteiger partial charge in [0.2, 0.25) is 0 Å². The van der Waals surface area contributed by atoms with Crippen LogP contribution in [-0.2, 0) is 6.42 Å². The minimum absolute atomic E-state index is 0.0964. The first-order valence-corrected chi connectivity index (χ1v) is 9.35. The second-order valence-electron chi connectivity index (χ2n) is 7.44. The Balaban J connectivity index is 1.37. The molecule has 3 aromatic rings. The summed E-state index contributed by atoms with van der Waals surface area (Å²) >= 11 is 0. The van der Waals surface area contributed by atoms with E-state index in [0.717, 1.165) is 35.3 Å². The van der Waals surface area contributed by atoms with Gasteiger partial charge in [-0.05, 0) is 50.3 Å². The number of likely N-dealkylation sites (N-methyl/N-ethyl adjacent to an activating group) is 1. The van der Waals surface area contributed by atoms with Crippen LogP contribution in [-0.4, -0.2) is 59.4 Å². The molecule has 2 aromatic carbocycles. The third-order valence-corrected chi connectivity index (χ3v) is 5.10. The molecule has 5 nitrogen and oxygen atoms in total. The fraction of sp³-hybridized carbons (Fsp3) is 0.318. The quantitative estimate of drug-likeness (QED) is 0.702. The van der Waals surface area contributed by atoms with Crippen molar-refractivity contribution in [2.75, 3.05) is 33.7 Å². The van der Waals surface area contributed by atoms with Crippen LogP contribution >= 0.6 is 0 Å². The summed E-state index contributed by atoms with van der Waals surface area (Å²) < 4.78 is 0. The van der Waals surface area contributed by atoms with E-state index < -0.39 is 0 Å². The number of amides is 1. The third-order valence-electron chi connectivity index (χ3n) is 5.10. The molecule has 4 rings (SSSR count). The van der Waals surface area contributed by atoms with Crippen molar-refractivity contribution in [2.45, 2.75) is 12.3 Å². The SMILES string of the molecule is CN(C)CCc1ccc(C(=O)N2CC(c3cnc4ccccc4n3)C2)cc1. The molecule has 0 N–H and O–H groups in total. The minimum Gasteiger partial charge on any atom is -0.337 e. The van der Waals surface area contributed by atoms with Crippen molar-refractivity contribution in [3.05, 3.63) is 71.5 Å². The first-order chi connectivity index (χ1) is 13.1. The summed E-state index contributed by atoms with van der Waals surface area (Å²) in [6, 6.07) is 15.9. The Morgan fingerprint density at radius 3 is 2.48 bits per heavy atom. The van der Waals surface area contributed by atoms with E-state index in [1.54, 1.807) is 0 Å². The molecule has 0 bridgehead atoms. The Kier molecular flexibility index (Phi) is 4.86. The maximum Gasteiger partial charge on any atom is 0.253 e. The molecule has 5 heteroatoms. The molecule has 1 fully saturated rings. The predicted octanol–water partition coefficient (Wildman–Crippen LogP) is 2.97. The molecule has 0 atom stereocenters. The summed E-state index contributed by atoms with van der Waals surface area (Å²) in [5.41, 5.74) is 4.80. The molecular formula is C22H24N4O. The number of para-hydroxylation sites is 2. The Morgan fingerprint density at radius 1 is 1.07 bits per heavy atom. The summed E-state index contributed by atoms with van der Waals surface area (Å²) in [4.78, 5) is 25.9. The molecule has 1 saturated heterocycles. The summed E-state index contributed by atoms with van der Waals surface area (Å²) in [5, 5.41) is 0. The monoisotopic (exact) mass is 360 g/mol. The fourth-order valence-electron chi connectivity index (χ4n) is 3.35. The van der Waals surface area contributed by atoms with Crippen LogP contribution in [0.2, 0.25) is 0 Å². The van der Waals surface area contributed by atoms with E-state index in [9.17, 15) is 4.79 Å². The number of benzene rings is 2. The maximum atomic E-state index is 12.7. The Morgan fingerprint density at radius 2 is 1.78 bits per heavy atom. The van der Waals surface area contributed by atoms with Crippen molar-refractivity contribution in [3.8, 4) is 0 Å². The highest BCUT2D eigenvalue weighted by atomic mass is 16.2. The number of nitrogens with zero attached hydrogens (tertiary/aromatic N) is 4. The molecule has 2 heterocycles. The number of hydrogen-bond acceptors (Lipinski definition) is 4. The fourth-order valence-corrected chi connectivity index (χ4v) is 3.35. The van der Waals surface area contributed by atoms with Gasteiger partial charge < -0.3 is 9.80 Å². The molecule has 27 heavy (non-hydrogen) atoms. The van der Waals surface area contributed by atoms with E-state index in [1.165, 1.54) is 5.56 Å². The summed E-state index contributed by atoms with van der Waals surface area (Å²) in [6.07, 6.45) is 2.84.